The van der Waals surface area contributed by atoms with Gasteiger partial charge in [0.2, 0.25) is 10.0 Å². The van der Waals surface area contributed by atoms with E-state index in [1.165, 1.54) is 6.07 Å². The van der Waals surface area contributed by atoms with Crippen molar-refractivity contribution >= 4 is 27.3 Å². The average molecular weight is 308 g/mol. The molecule has 1 aromatic rings. The maximum absolute atomic E-state index is 12.0. The van der Waals surface area contributed by atoms with Crippen LogP contribution in [0.3, 0.4) is 0 Å². The second-order valence-corrected chi connectivity index (χ2v) is 5.90. The molecule has 0 atom stereocenters. The number of nitrogens with zero attached hydrogens (tertiary/aromatic N) is 1. The molecule has 0 fully saturated rings. The summed E-state index contributed by atoms with van der Waals surface area (Å²) in [6.45, 7) is 0.826. The van der Waals surface area contributed by atoms with Gasteiger partial charge in [-0.1, -0.05) is 11.6 Å². The number of nitrogens with one attached hydrogen (secondary N) is 2. The van der Waals surface area contributed by atoms with E-state index >= 15 is 0 Å². The van der Waals surface area contributed by atoms with E-state index in [9.17, 15) is 18.5 Å². The van der Waals surface area contributed by atoms with Crippen molar-refractivity contribution in [2.24, 2.45) is 0 Å². The molecule has 0 aliphatic carbocycles. The fourth-order valence-corrected chi connectivity index (χ4v) is 2.91. The number of benzene rings is 1. The third kappa shape index (κ3) is 4.43. The molecule has 9 heteroatoms. The van der Waals surface area contributed by atoms with Gasteiger partial charge in [0.1, 0.15) is 0 Å². The van der Waals surface area contributed by atoms with Crippen LogP contribution in [-0.2, 0) is 10.0 Å². The molecule has 7 nitrogen and oxygen atoms in total. The minimum atomic E-state index is -3.94. The van der Waals surface area contributed by atoms with Crippen molar-refractivity contribution in [3.63, 3.8) is 0 Å². The van der Waals surface area contributed by atoms with E-state index in [0.717, 1.165) is 12.1 Å². The summed E-state index contributed by atoms with van der Waals surface area (Å²) in [5.41, 5.74) is -0.495. The number of halogens is 1. The molecule has 0 aromatic heterocycles. The van der Waals surface area contributed by atoms with Crippen molar-refractivity contribution in [1.82, 2.24) is 10.0 Å². The number of hydrogen-bond acceptors (Lipinski definition) is 5. The summed E-state index contributed by atoms with van der Waals surface area (Å²) in [6, 6.07) is 3.42. The van der Waals surface area contributed by atoms with Crippen molar-refractivity contribution in [2.45, 2.75) is 11.3 Å². The van der Waals surface area contributed by atoms with Gasteiger partial charge >= 0.3 is 0 Å². The van der Waals surface area contributed by atoms with Gasteiger partial charge in [-0.05, 0) is 32.1 Å². The topological polar surface area (TPSA) is 101 Å². The lowest BCUT2D eigenvalue weighted by Crippen LogP contribution is -2.27. The summed E-state index contributed by atoms with van der Waals surface area (Å²) < 4.78 is 26.3. The second-order valence-electron chi connectivity index (χ2n) is 3.72. The monoisotopic (exact) mass is 307 g/mol. The molecule has 0 heterocycles. The zero-order chi connectivity index (χ0) is 14.5. The van der Waals surface area contributed by atoms with Gasteiger partial charge in [0.25, 0.3) is 5.69 Å². The van der Waals surface area contributed by atoms with Crippen LogP contribution in [0.4, 0.5) is 5.69 Å². The van der Waals surface area contributed by atoms with Gasteiger partial charge in [0.15, 0.2) is 4.90 Å². The van der Waals surface area contributed by atoms with E-state index in [-0.39, 0.29) is 11.6 Å². The van der Waals surface area contributed by atoms with Crippen LogP contribution in [-0.4, -0.2) is 33.5 Å². The van der Waals surface area contributed by atoms with Crippen LogP contribution < -0.4 is 10.0 Å². The van der Waals surface area contributed by atoms with Crippen LogP contribution in [0.5, 0.6) is 0 Å². The van der Waals surface area contributed by atoms with Gasteiger partial charge in [-0.2, -0.15) is 0 Å². The Kier molecular flexibility index (Phi) is 5.67. The minimum Gasteiger partial charge on any atom is -0.320 e. The molecular formula is C10H14ClN3O4S. The van der Waals surface area contributed by atoms with Crippen molar-refractivity contribution in [3.8, 4) is 0 Å². The van der Waals surface area contributed by atoms with E-state index in [0.29, 0.717) is 13.0 Å². The first-order valence-corrected chi connectivity index (χ1v) is 7.33. The molecule has 19 heavy (non-hydrogen) atoms. The van der Waals surface area contributed by atoms with Crippen LogP contribution in [0.2, 0.25) is 5.02 Å². The second kappa shape index (κ2) is 6.80. The van der Waals surface area contributed by atoms with E-state index < -0.39 is 25.5 Å². The summed E-state index contributed by atoms with van der Waals surface area (Å²) in [7, 11) is -2.20. The molecule has 2 N–H and O–H groups in total. The molecule has 0 saturated carbocycles. The SMILES string of the molecule is CNCCCNS(=O)(=O)c1cc(Cl)ccc1[N+](=O)[O-]. The van der Waals surface area contributed by atoms with Gasteiger partial charge in [-0.3, -0.25) is 10.1 Å². The molecule has 0 saturated heterocycles. The predicted molar refractivity (Wildman–Crippen MR) is 71.8 cm³/mol. The number of hydrogen-bond donors (Lipinski definition) is 2. The Labute approximate surface area is 116 Å². The van der Waals surface area contributed by atoms with Gasteiger partial charge in [0.05, 0.1) is 4.92 Å². The van der Waals surface area contributed by atoms with Crippen LogP contribution in [0, 0.1) is 10.1 Å². The molecular weight excluding hydrogens is 294 g/mol. The Bertz CT molecular complexity index is 562. The molecule has 1 rings (SSSR count). The highest BCUT2D eigenvalue weighted by atomic mass is 35.5. The lowest BCUT2D eigenvalue weighted by atomic mass is 10.3. The Hall–Kier alpha value is -1.22. The van der Waals surface area contributed by atoms with Crippen molar-refractivity contribution < 1.29 is 13.3 Å². The first kappa shape index (κ1) is 15.8. The standard InChI is InChI=1S/C10H14ClN3O4S/c1-12-5-2-6-13-19(17,18)10-7-8(11)3-4-9(10)14(15)16/h3-4,7,12-13H,2,5-6H2,1H3. The van der Waals surface area contributed by atoms with Crippen LogP contribution in [0.15, 0.2) is 23.1 Å². The molecule has 0 aliphatic rings. The highest BCUT2D eigenvalue weighted by molar-refractivity contribution is 7.89. The smallest absolute Gasteiger partial charge is 0.289 e. The highest BCUT2D eigenvalue weighted by Gasteiger charge is 2.25. The third-order valence-electron chi connectivity index (χ3n) is 2.30. The maximum atomic E-state index is 12.0. The van der Waals surface area contributed by atoms with E-state index in [1.807, 2.05) is 0 Å². The number of nitro benzene ring substituents is 1. The third-order valence-corrected chi connectivity index (χ3v) is 4.03. The molecule has 0 bridgehead atoms. The number of rotatable bonds is 7. The quantitative estimate of drug-likeness (QED) is 0.447. The average Bonchev–Trinajstić information content (AvgIpc) is 2.34. The van der Waals surface area contributed by atoms with E-state index in [1.54, 1.807) is 7.05 Å². The first-order valence-electron chi connectivity index (χ1n) is 5.46. The summed E-state index contributed by atoms with van der Waals surface area (Å²) in [5.74, 6) is 0. The number of nitro groups is 1. The summed E-state index contributed by atoms with van der Waals surface area (Å²) >= 11 is 5.69. The van der Waals surface area contributed by atoms with Gasteiger partial charge in [-0.25, -0.2) is 13.1 Å². The van der Waals surface area contributed by atoms with Crippen molar-refractivity contribution in [2.75, 3.05) is 20.1 Å². The normalized spacial score (nSPS) is 11.5. The zero-order valence-electron chi connectivity index (χ0n) is 10.2. The van der Waals surface area contributed by atoms with Crippen LogP contribution in [0.1, 0.15) is 6.42 Å². The summed E-state index contributed by atoms with van der Waals surface area (Å²) in [5, 5.41) is 13.8. The molecule has 0 amide bonds. The van der Waals surface area contributed by atoms with Gasteiger partial charge < -0.3 is 5.32 Å². The van der Waals surface area contributed by atoms with Crippen LogP contribution >= 0.6 is 11.6 Å². The molecule has 0 aliphatic heterocycles. The molecule has 0 radical (unpaired) electrons. The summed E-state index contributed by atoms with van der Waals surface area (Å²) in [4.78, 5) is 9.64. The van der Waals surface area contributed by atoms with Crippen LogP contribution in [0.25, 0.3) is 0 Å². The fourth-order valence-electron chi connectivity index (χ4n) is 1.40. The Morgan fingerprint density at radius 2 is 2.05 bits per heavy atom. The summed E-state index contributed by atoms with van der Waals surface area (Å²) in [6.07, 6.45) is 0.574. The minimum absolute atomic E-state index is 0.126. The van der Waals surface area contributed by atoms with E-state index in [2.05, 4.69) is 10.0 Å². The van der Waals surface area contributed by atoms with E-state index in [4.69, 9.17) is 11.6 Å². The fraction of sp³-hybridized carbons (Fsp3) is 0.400. The predicted octanol–water partition coefficient (Wildman–Crippen LogP) is 1.14. The molecule has 0 unspecified atom stereocenters. The molecule has 1 aromatic carbocycles. The number of sulfonamides is 1. The Morgan fingerprint density at radius 3 is 2.63 bits per heavy atom. The zero-order valence-corrected chi connectivity index (χ0v) is 11.8. The molecule has 106 valence electrons. The van der Waals surface area contributed by atoms with Gasteiger partial charge in [0, 0.05) is 17.6 Å². The Balaban J connectivity index is 3.00. The van der Waals surface area contributed by atoms with Crippen molar-refractivity contribution in [1.29, 1.82) is 0 Å². The first-order chi connectivity index (χ1) is 8.88. The lowest BCUT2D eigenvalue weighted by Gasteiger charge is -2.07. The van der Waals surface area contributed by atoms with Gasteiger partial charge in [-0.15, -0.1) is 0 Å². The lowest BCUT2D eigenvalue weighted by molar-refractivity contribution is -0.387. The maximum Gasteiger partial charge on any atom is 0.289 e. The van der Waals surface area contributed by atoms with Crippen molar-refractivity contribution in [3.05, 3.63) is 33.3 Å². The Morgan fingerprint density at radius 1 is 1.37 bits per heavy atom. The highest BCUT2D eigenvalue weighted by Crippen LogP contribution is 2.26. The molecule has 0 spiro atoms. The largest absolute Gasteiger partial charge is 0.320 e.